The normalized spacial score (nSPS) is 10.5. The molecule has 0 fully saturated rings. The highest BCUT2D eigenvalue weighted by atomic mass is 16.5. The molecule has 0 aliphatic rings. The van der Waals surface area contributed by atoms with Gasteiger partial charge in [-0.3, -0.25) is 0 Å². The van der Waals surface area contributed by atoms with Crippen molar-refractivity contribution in [3.63, 3.8) is 0 Å². The molecule has 0 aliphatic heterocycles. The third-order valence-corrected chi connectivity index (χ3v) is 5.20. The van der Waals surface area contributed by atoms with Gasteiger partial charge in [-0.15, -0.1) is 0 Å². The zero-order valence-corrected chi connectivity index (χ0v) is 19.4. The van der Waals surface area contributed by atoms with E-state index in [0.717, 1.165) is 18.6 Å². The maximum Gasteiger partial charge on any atom is 0.343 e. The maximum atomic E-state index is 12.4. The largest absolute Gasteiger partial charge is 0.508 e. The van der Waals surface area contributed by atoms with Crippen molar-refractivity contribution in [1.29, 1.82) is 0 Å². The van der Waals surface area contributed by atoms with Crippen LogP contribution in [0.4, 0.5) is 0 Å². The molecule has 6 nitrogen and oxygen atoms in total. The van der Waals surface area contributed by atoms with Crippen molar-refractivity contribution >= 4 is 11.9 Å². The minimum atomic E-state index is -0.555. The number of phenolic OH excluding ortho intramolecular Hbond substituents is 1. The van der Waals surface area contributed by atoms with Gasteiger partial charge < -0.3 is 19.3 Å². The van der Waals surface area contributed by atoms with Crippen LogP contribution in [0.3, 0.4) is 0 Å². The van der Waals surface area contributed by atoms with Crippen LogP contribution in [-0.2, 0) is 0 Å². The molecule has 0 spiro atoms. The second kappa shape index (κ2) is 13.0. The SMILES string of the molecule is CCCCCCCCOc1ccc(C(=O)Oc2ccc(C(=O)Oc3ccc(O)cc3)cc2)cc1. The van der Waals surface area contributed by atoms with E-state index in [9.17, 15) is 14.7 Å². The second-order valence-electron chi connectivity index (χ2n) is 7.94. The molecule has 0 aliphatic carbocycles. The number of hydrogen-bond acceptors (Lipinski definition) is 6. The Balaban J connectivity index is 1.44. The average Bonchev–Trinajstić information content (AvgIpc) is 2.85. The molecule has 6 heteroatoms. The number of phenols is 1. The molecule has 0 amide bonds. The Morgan fingerprint density at radius 3 is 1.59 bits per heavy atom. The summed E-state index contributed by atoms with van der Waals surface area (Å²) in [6.45, 7) is 2.87. The number of unbranched alkanes of at least 4 members (excludes halogenated alkanes) is 5. The Kier molecular flexibility index (Phi) is 9.52. The number of carbonyl (C=O) groups is 2. The molecule has 1 N–H and O–H groups in total. The molecule has 34 heavy (non-hydrogen) atoms. The summed E-state index contributed by atoms with van der Waals surface area (Å²) in [4.78, 5) is 24.7. The molecule has 3 rings (SSSR count). The minimum absolute atomic E-state index is 0.0845. The number of aromatic hydroxyl groups is 1. The summed E-state index contributed by atoms with van der Waals surface area (Å²) in [7, 11) is 0. The van der Waals surface area contributed by atoms with E-state index in [1.54, 1.807) is 24.3 Å². The fourth-order valence-corrected chi connectivity index (χ4v) is 3.26. The lowest BCUT2D eigenvalue weighted by Gasteiger charge is -2.08. The van der Waals surface area contributed by atoms with Crippen molar-refractivity contribution < 1.29 is 28.9 Å². The van der Waals surface area contributed by atoms with Crippen molar-refractivity contribution in [2.45, 2.75) is 45.4 Å². The first-order valence-corrected chi connectivity index (χ1v) is 11.6. The zero-order valence-electron chi connectivity index (χ0n) is 19.4. The summed E-state index contributed by atoms with van der Waals surface area (Å²) < 4.78 is 16.4. The van der Waals surface area contributed by atoms with E-state index in [1.165, 1.54) is 74.2 Å². The first-order chi connectivity index (χ1) is 16.5. The molecule has 3 aromatic rings. The lowest BCUT2D eigenvalue weighted by Crippen LogP contribution is -2.10. The third kappa shape index (κ3) is 7.96. The van der Waals surface area contributed by atoms with Gasteiger partial charge in [0.2, 0.25) is 0 Å². The quantitative estimate of drug-likeness (QED) is 0.186. The number of ether oxygens (including phenoxy) is 3. The molecule has 0 bridgehead atoms. The maximum absolute atomic E-state index is 12.4. The highest BCUT2D eigenvalue weighted by molar-refractivity contribution is 5.92. The smallest absolute Gasteiger partial charge is 0.343 e. The number of esters is 2. The van der Waals surface area contributed by atoms with Gasteiger partial charge in [-0.05, 0) is 79.2 Å². The molecular weight excluding hydrogens is 432 g/mol. The fraction of sp³-hybridized carbons (Fsp3) is 0.286. The van der Waals surface area contributed by atoms with Gasteiger partial charge in [-0.2, -0.15) is 0 Å². The predicted molar refractivity (Wildman–Crippen MR) is 130 cm³/mol. The topological polar surface area (TPSA) is 82.1 Å². The molecule has 0 saturated carbocycles. The van der Waals surface area contributed by atoms with Crippen molar-refractivity contribution in [3.05, 3.63) is 83.9 Å². The Morgan fingerprint density at radius 2 is 1.06 bits per heavy atom. The molecule has 0 saturated heterocycles. The number of benzene rings is 3. The van der Waals surface area contributed by atoms with E-state index >= 15 is 0 Å². The van der Waals surface area contributed by atoms with Crippen LogP contribution >= 0.6 is 0 Å². The Bertz CT molecular complexity index is 1040. The van der Waals surface area contributed by atoms with E-state index in [-0.39, 0.29) is 5.75 Å². The first kappa shape index (κ1) is 24.8. The van der Waals surface area contributed by atoms with Crippen LogP contribution in [0.25, 0.3) is 0 Å². The summed E-state index contributed by atoms with van der Waals surface area (Å²) in [5, 5.41) is 9.29. The molecule has 0 unspecified atom stereocenters. The number of carbonyl (C=O) groups excluding carboxylic acids is 2. The van der Waals surface area contributed by atoms with Crippen LogP contribution in [0.5, 0.6) is 23.0 Å². The van der Waals surface area contributed by atoms with Crippen LogP contribution in [-0.4, -0.2) is 23.7 Å². The summed E-state index contributed by atoms with van der Waals surface area (Å²) in [5.41, 5.74) is 0.711. The highest BCUT2D eigenvalue weighted by Gasteiger charge is 2.12. The highest BCUT2D eigenvalue weighted by Crippen LogP contribution is 2.20. The number of hydrogen-bond donors (Lipinski definition) is 1. The lowest BCUT2D eigenvalue weighted by molar-refractivity contribution is 0.0730. The average molecular weight is 463 g/mol. The zero-order chi connectivity index (χ0) is 24.2. The van der Waals surface area contributed by atoms with E-state index in [0.29, 0.717) is 29.2 Å². The summed E-state index contributed by atoms with van der Waals surface area (Å²) in [6, 6.07) is 18.8. The van der Waals surface area contributed by atoms with Crippen molar-refractivity contribution in [3.8, 4) is 23.0 Å². The van der Waals surface area contributed by atoms with Gasteiger partial charge in [-0.1, -0.05) is 39.0 Å². The van der Waals surface area contributed by atoms with Crippen molar-refractivity contribution in [2.75, 3.05) is 6.61 Å². The van der Waals surface area contributed by atoms with Gasteiger partial charge in [0.15, 0.2) is 0 Å². The lowest BCUT2D eigenvalue weighted by atomic mass is 10.1. The first-order valence-electron chi connectivity index (χ1n) is 11.6. The summed E-state index contributed by atoms with van der Waals surface area (Å²) in [5.74, 6) is 0.386. The molecule has 178 valence electrons. The summed E-state index contributed by atoms with van der Waals surface area (Å²) >= 11 is 0. The van der Waals surface area contributed by atoms with Gasteiger partial charge in [0.25, 0.3) is 0 Å². The molecule has 3 aromatic carbocycles. The Morgan fingerprint density at radius 1 is 0.618 bits per heavy atom. The van der Waals surface area contributed by atoms with Gasteiger partial charge in [0.05, 0.1) is 17.7 Å². The van der Waals surface area contributed by atoms with Crippen LogP contribution in [0.15, 0.2) is 72.8 Å². The molecular formula is C28H30O6. The predicted octanol–water partition coefficient (Wildman–Crippen LogP) is 6.57. The Labute approximate surface area is 200 Å². The van der Waals surface area contributed by atoms with Crippen molar-refractivity contribution in [2.24, 2.45) is 0 Å². The monoisotopic (exact) mass is 462 g/mol. The van der Waals surface area contributed by atoms with Gasteiger partial charge in [-0.25, -0.2) is 9.59 Å². The second-order valence-corrected chi connectivity index (χ2v) is 7.94. The van der Waals surface area contributed by atoms with Crippen LogP contribution in [0.2, 0.25) is 0 Å². The van der Waals surface area contributed by atoms with Crippen LogP contribution < -0.4 is 14.2 Å². The molecule has 0 heterocycles. The van der Waals surface area contributed by atoms with Crippen LogP contribution in [0, 0.1) is 0 Å². The van der Waals surface area contributed by atoms with Gasteiger partial charge >= 0.3 is 11.9 Å². The van der Waals surface area contributed by atoms with E-state index in [2.05, 4.69) is 6.92 Å². The minimum Gasteiger partial charge on any atom is -0.508 e. The molecule has 0 atom stereocenters. The van der Waals surface area contributed by atoms with Crippen LogP contribution in [0.1, 0.15) is 66.2 Å². The standard InChI is InChI=1S/C28H30O6/c1-2-3-4-5-6-7-20-32-24-14-8-21(9-15-24)27(30)33-25-16-10-22(11-17-25)28(31)34-26-18-12-23(29)13-19-26/h8-19,29H,2-7,20H2,1H3. The molecule has 0 aromatic heterocycles. The van der Waals surface area contributed by atoms with Gasteiger partial charge in [0, 0.05) is 0 Å². The molecule has 0 radical (unpaired) electrons. The fourth-order valence-electron chi connectivity index (χ4n) is 3.26. The van der Waals surface area contributed by atoms with E-state index in [1.807, 2.05) is 0 Å². The Hall–Kier alpha value is -3.80. The third-order valence-electron chi connectivity index (χ3n) is 5.20. The van der Waals surface area contributed by atoms with Gasteiger partial charge in [0.1, 0.15) is 23.0 Å². The van der Waals surface area contributed by atoms with E-state index < -0.39 is 11.9 Å². The number of rotatable bonds is 12. The summed E-state index contributed by atoms with van der Waals surface area (Å²) in [6.07, 6.45) is 7.23. The van der Waals surface area contributed by atoms with Crippen molar-refractivity contribution in [1.82, 2.24) is 0 Å². The van der Waals surface area contributed by atoms with E-state index in [4.69, 9.17) is 14.2 Å².